The summed E-state index contributed by atoms with van der Waals surface area (Å²) in [6.45, 7) is 5.77. The van der Waals surface area contributed by atoms with Crippen molar-refractivity contribution in [1.29, 1.82) is 0 Å². The molecule has 5 nitrogen and oxygen atoms in total. The molecule has 1 aliphatic rings. The number of carbonyl (C=O) groups is 1. The molecule has 1 unspecified atom stereocenters. The van der Waals surface area contributed by atoms with Crippen LogP contribution in [0.5, 0.6) is 0 Å². The second-order valence-electron chi connectivity index (χ2n) is 5.95. The number of rotatable bonds is 4. The van der Waals surface area contributed by atoms with Gasteiger partial charge in [-0.05, 0) is 24.3 Å². The fourth-order valence-electron chi connectivity index (χ4n) is 2.73. The SMILES string of the molecule is CC(C)C[C@H](N)C(=O)N1CCC(c2cnn(C)c2)C1.Cl.Cl. The van der Waals surface area contributed by atoms with Gasteiger partial charge >= 0.3 is 0 Å². The summed E-state index contributed by atoms with van der Waals surface area (Å²) >= 11 is 0. The van der Waals surface area contributed by atoms with Gasteiger partial charge in [0, 0.05) is 32.3 Å². The van der Waals surface area contributed by atoms with Gasteiger partial charge < -0.3 is 10.6 Å². The molecule has 1 amide bonds. The highest BCUT2D eigenvalue weighted by molar-refractivity contribution is 5.85. The number of halogens is 2. The quantitative estimate of drug-likeness (QED) is 0.913. The van der Waals surface area contributed by atoms with Gasteiger partial charge in [-0.3, -0.25) is 9.48 Å². The van der Waals surface area contributed by atoms with Crippen LogP contribution in [0.3, 0.4) is 0 Å². The van der Waals surface area contributed by atoms with E-state index in [0.717, 1.165) is 25.9 Å². The molecular formula is C14H26Cl2N4O. The molecule has 2 heterocycles. The zero-order valence-corrected chi connectivity index (χ0v) is 14.5. The van der Waals surface area contributed by atoms with Crippen LogP contribution >= 0.6 is 24.8 Å². The molecule has 7 heteroatoms. The number of hydrogen-bond acceptors (Lipinski definition) is 3. The van der Waals surface area contributed by atoms with E-state index in [1.807, 2.05) is 29.0 Å². The number of amides is 1. The molecule has 1 aromatic rings. The number of carbonyl (C=O) groups excluding carboxylic acids is 1. The molecular weight excluding hydrogens is 311 g/mol. The third-order valence-corrected chi connectivity index (χ3v) is 3.74. The van der Waals surface area contributed by atoms with Crippen LogP contribution in [0.4, 0.5) is 0 Å². The number of aromatic nitrogens is 2. The Kier molecular flexibility index (Phi) is 8.29. The van der Waals surface area contributed by atoms with Crippen molar-refractivity contribution in [3.63, 3.8) is 0 Å². The maximum atomic E-state index is 12.2. The van der Waals surface area contributed by atoms with Crippen LogP contribution in [-0.2, 0) is 11.8 Å². The average Bonchev–Trinajstić information content (AvgIpc) is 2.95. The molecule has 0 spiro atoms. The molecule has 1 saturated heterocycles. The monoisotopic (exact) mass is 336 g/mol. The molecule has 2 rings (SSSR count). The van der Waals surface area contributed by atoms with Gasteiger partial charge in [0.2, 0.25) is 5.91 Å². The van der Waals surface area contributed by atoms with Gasteiger partial charge in [0.25, 0.3) is 0 Å². The summed E-state index contributed by atoms with van der Waals surface area (Å²) in [5.74, 6) is 0.958. The second-order valence-corrected chi connectivity index (χ2v) is 5.95. The maximum absolute atomic E-state index is 12.2. The first-order valence-corrected chi connectivity index (χ1v) is 7.00. The minimum Gasteiger partial charge on any atom is -0.341 e. The van der Waals surface area contributed by atoms with Crippen molar-refractivity contribution >= 4 is 30.7 Å². The second kappa shape index (κ2) is 8.61. The van der Waals surface area contributed by atoms with Gasteiger partial charge in [0.15, 0.2) is 0 Å². The lowest BCUT2D eigenvalue weighted by atomic mass is 10.0. The largest absolute Gasteiger partial charge is 0.341 e. The first-order chi connectivity index (χ1) is 8.97. The predicted octanol–water partition coefficient (Wildman–Crippen LogP) is 1.95. The van der Waals surface area contributed by atoms with E-state index in [-0.39, 0.29) is 36.8 Å². The molecule has 0 radical (unpaired) electrons. The summed E-state index contributed by atoms with van der Waals surface area (Å²) in [7, 11) is 1.92. The lowest BCUT2D eigenvalue weighted by molar-refractivity contribution is -0.131. The van der Waals surface area contributed by atoms with E-state index >= 15 is 0 Å². The minimum atomic E-state index is -0.354. The Labute approximate surface area is 139 Å². The van der Waals surface area contributed by atoms with Gasteiger partial charge in [-0.2, -0.15) is 5.10 Å². The van der Waals surface area contributed by atoms with Gasteiger partial charge in [-0.1, -0.05) is 13.8 Å². The fraction of sp³-hybridized carbons (Fsp3) is 0.714. The Hall–Kier alpha value is -0.780. The Balaban J connectivity index is 0.00000200. The molecule has 0 bridgehead atoms. The van der Waals surface area contributed by atoms with Crippen LogP contribution in [0.1, 0.15) is 38.2 Å². The zero-order chi connectivity index (χ0) is 14.0. The minimum absolute atomic E-state index is 0. The summed E-state index contributed by atoms with van der Waals surface area (Å²) in [5.41, 5.74) is 7.20. The summed E-state index contributed by atoms with van der Waals surface area (Å²) in [5, 5.41) is 4.19. The van der Waals surface area contributed by atoms with E-state index in [0.29, 0.717) is 11.8 Å². The van der Waals surface area contributed by atoms with Gasteiger partial charge in [-0.25, -0.2) is 0 Å². The third kappa shape index (κ3) is 5.16. The summed E-state index contributed by atoms with van der Waals surface area (Å²) < 4.78 is 1.81. The highest BCUT2D eigenvalue weighted by atomic mass is 35.5. The van der Waals surface area contributed by atoms with Crippen LogP contribution in [0.2, 0.25) is 0 Å². The first-order valence-electron chi connectivity index (χ1n) is 7.00. The Morgan fingerprint density at radius 3 is 2.67 bits per heavy atom. The van der Waals surface area contributed by atoms with Gasteiger partial charge in [0.1, 0.15) is 0 Å². The van der Waals surface area contributed by atoms with E-state index < -0.39 is 0 Å². The van der Waals surface area contributed by atoms with Crippen molar-refractivity contribution in [2.45, 2.75) is 38.6 Å². The topological polar surface area (TPSA) is 64.2 Å². The number of hydrogen-bond donors (Lipinski definition) is 1. The first kappa shape index (κ1) is 20.2. The molecule has 1 aliphatic heterocycles. The lowest BCUT2D eigenvalue weighted by Gasteiger charge is -2.21. The number of likely N-dealkylation sites (tertiary alicyclic amines) is 1. The van der Waals surface area contributed by atoms with Crippen molar-refractivity contribution in [2.24, 2.45) is 18.7 Å². The van der Waals surface area contributed by atoms with E-state index in [9.17, 15) is 4.79 Å². The molecule has 122 valence electrons. The van der Waals surface area contributed by atoms with Crippen molar-refractivity contribution < 1.29 is 4.79 Å². The summed E-state index contributed by atoms with van der Waals surface area (Å²) in [4.78, 5) is 14.2. The van der Waals surface area contributed by atoms with Crippen molar-refractivity contribution in [3.8, 4) is 0 Å². The third-order valence-electron chi connectivity index (χ3n) is 3.74. The van der Waals surface area contributed by atoms with E-state index in [1.54, 1.807) is 0 Å². The molecule has 2 N–H and O–H groups in total. The lowest BCUT2D eigenvalue weighted by Crippen LogP contribution is -2.43. The Morgan fingerprint density at radius 1 is 1.48 bits per heavy atom. The summed E-state index contributed by atoms with van der Waals surface area (Å²) in [6.07, 6.45) is 5.69. The molecule has 0 aliphatic carbocycles. The van der Waals surface area contributed by atoms with Crippen molar-refractivity contribution in [2.75, 3.05) is 13.1 Å². The highest BCUT2D eigenvalue weighted by Gasteiger charge is 2.30. The molecule has 1 aromatic heterocycles. The van der Waals surface area contributed by atoms with E-state index in [2.05, 4.69) is 18.9 Å². The molecule has 2 atom stereocenters. The van der Waals surface area contributed by atoms with E-state index in [1.165, 1.54) is 5.56 Å². The van der Waals surface area contributed by atoms with Crippen LogP contribution in [0, 0.1) is 5.92 Å². The average molecular weight is 337 g/mol. The van der Waals surface area contributed by atoms with Crippen LogP contribution in [0.25, 0.3) is 0 Å². The molecule has 0 aromatic carbocycles. The van der Waals surface area contributed by atoms with Crippen molar-refractivity contribution in [1.82, 2.24) is 14.7 Å². The van der Waals surface area contributed by atoms with Crippen LogP contribution in [0.15, 0.2) is 12.4 Å². The Morgan fingerprint density at radius 2 is 2.14 bits per heavy atom. The smallest absolute Gasteiger partial charge is 0.239 e. The standard InChI is InChI=1S/C14H24N4O.2ClH/c1-10(2)6-13(15)14(19)18-5-4-11(9-18)12-7-16-17(3)8-12;;/h7-8,10-11,13H,4-6,9,15H2,1-3H3;2*1H/t11?,13-;;/m0../s1. The Bertz CT molecular complexity index is 450. The van der Waals surface area contributed by atoms with Gasteiger partial charge in [-0.15, -0.1) is 24.8 Å². The highest BCUT2D eigenvalue weighted by Crippen LogP contribution is 2.27. The van der Waals surface area contributed by atoms with Crippen molar-refractivity contribution in [3.05, 3.63) is 18.0 Å². The fourth-order valence-corrected chi connectivity index (χ4v) is 2.73. The molecule has 21 heavy (non-hydrogen) atoms. The van der Waals surface area contributed by atoms with Crippen LogP contribution < -0.4 is 5.73 Å². The summed E-state index contributed by atoms with van der Waals surface area (Å²) in [6, 6.07) is -0.354. The number of aryl methyl sites for hydroxylation is 1. The molecule has 0 saturated carbocycles. The number of nitrogens with zero attached hydrogens (tertiary/aromatic N) is 3. The zero-order valence-electron chi connectivity index (χ0n) is 12.9. The predicted molar refractivity (Wildman–Crippen MR) is 89.1 cm³/mol. The van der Waals surface area contributed by atoms with Gasteiger partial charge in [0.05, 0.1) is 12.2 Å². The molecule has 1 fully saturated rings. The van der Waals surface area contributed by atoms with Crippen LogP contribution in [-0.4, -0.2) is 39.7 Å². The maximum Gasteiger partial charge on any atom is 0.239 e. The number of nitrogens with two attached hydrogens (primary N) is 1. The van der Waals surface area contributed by atoms with E-state index in [4.69, 9.17) is 5.73 Å². The normalized spacial score (nSPS) is 19.1.